The molecule has 0 bridgehead atoms. The highest BCUT2D eigenvalue weighted by Crippen LogP contribution is 2.28. The van der Waals surface area contributed by atoms with Crippen molar-refractivity contribution >= 4 is 22.7 Å². The summed E-state index contributed by atoms with van der Waals surface area (Å²) < 4.78 is 35.2. The molecule has 0 saturated heterocycles. The van der Waals surface area contributed by atoms with Crippen molar-refractivity contribution in [2.75, 3.05) is 6.61 Å². The fraction of sp³-hybridized carbons (Fsp3) is 0.250. The molecule has 35 heavy (non-hydrogen) atoms. The van der Waals surface area contributed by atoms with Crippen LogP contribution in [0.1, 0.15) is 47.6 Å². The summed E-state index contributed by atoms with van der Waals surface area (Å²) in [7, 11) is 0. The Kier molecular flexibility index (Phi) is 7.05. The molecule has 7 heteroatoms. The van der Waals surface area contributed by atoms with Gasteiger partial charge in [-0.1, -0.05) is 31.2 Å². The summed E-state index contributed by atoms with van der Waals surface area (Å²) in [5, 5.41) is 0. The Morgan fingerprint density at radius 2 is 1.77 bits per heavy atom. The number of benzene rings is 2. The van der Waals surface area contributed by atoms with Crippen molar-refractivity contribution in [3.8, 4) is 0 Å². The zero-order chi connectivity index (χ0) is 25.1. The van der Waals surface area contributed by atoms with Gasteiger partial charge in [0.2, 0.25) is 0 Å². The number of aromatic nitrogens is 3. The lowest BCUT2D eigenvalue weighted by Crippen LogP contribution is -2.06. The molecule has 2 aromatic carbocycles. The van der Waals surface area contributed by atoms with E-state index in [0.717, 1.165) is 46.3 Å². The maximum Gasteiger partial charge on any atom is 0.331 e. The average molecular weight is 476 g/mol. The molecule has 0 spiro atoms. The number of rotatable bonds is 7. The predicted molar refractivity (Wildman–Crippen MR) is 132 cm³/mol. The first-order valence-corrected chi connectivity index (χ1v) is 11.6. The van der Waals surface area contributed by atoms with E-state index in [1.165, 1.54) is 18.2 Å². The van der Waals surface area contributed by atoms with E-state index in [-0.39, 0.29) is 12.2 Å². The third kappa shape index (κ3) is 5.14. The molecule has 0 fully saturated rings. The van der Waals surface area contributed by atoms with Gasteiger partial charge in [0.15, 0.2) is 5.65 Å². The van der Waals surface area contributed by atoms with E-state index in [9.17, 15) is 13.6 Å². The largest absolute Gasteiger partial charge is 0.463 e. The summed E-state index contributed by atoms with van der Waals surface area (Å²) in [4.78, 5) is 21.7. The molecule has 4 aromatic rings. The summed E-state index contributed by atoms with van der Waals surface area (Å²) in [5.74, 6) is -1.08. The van der Waals surface area contributed by atoms with Gasteiger partial charge in [0.25, 0.3) is 0 Å². The van der Waals surface area contributed by atoms with Gasteiger partial charge in [-0.25, -0.2) is 23.5 Å². The molecule has 2 heterocycles. The first-order chi connectivity index (χ1) is 16.8. The number of halogens is 2. The number of esters is 1. The monoisotopic (exact) mass is 475 g/mol. The highest BCUT2D eigenvalue weighted by molar-refractivity contribution is 5.96. The van der Waals surface area contributed by atoms with E-state index in [1.54, 1.807) is 6.92 Å². The standard InChI is InChI=1S/C28H27F2N3O2/c1-5-25-32-27-17(3)13-18(4)31-28(27)33(25)16-19-7-9-20(10-8-19)23(15-26(34)35-6-2)22-12-11-21(29)14-24(22)30/h7-15H,5-6,16H2,1-4H3. The van der Waals surface area contributed by atoms with Crippen LogP contribution in [0.4, 0.5) is 8.78 Å². The minimum absolute atomic E-state index is 0.122. The third-order valence-corrected chi connectivity index (χ3v) is 5.79. The van der Waals surface area contributed by atoms with Gasteiger partial charge in [0.05, 0.1) is 13.2 Å². The number of carbonyl (C=O) groups excluding carboxylic acids is 1. The molecule has 180 valence electrons. The van der Waals surface area contributed by atoms with Crippen LogP contribution in [0.5, 0.6) is 0 Å². The van der Waals surface area contributed by atoms with Crippen LogP contribution < -0.4 is 0 Å². The highest BCUT2D eigenvalue weighted by atomic mass is 19.1. The summed E-state index contributed by atoms with van der Waals surface area (Å²) in [6, 6.07) is 12.8. The Hall–Kier alpha value is -3.87. The van der Waals surface area contributed by atoms with Crippen molar-refractivity contribution in [3.63, 3.8) is 0 Å². The molecule has 0 saturated carbocycles. The van der Waals surface area contributed by atoms with Gasteiger partial charge in [0, 0.05) is 29.8 Å². The van der Waals surface area contributed by atoms with Gasteiger partial charge in [-0.2, -0.15) is 0 Å². The smallest absolute Gasteiger partial charge is 0.331 e. The van der Waals surface area contributed by atoms with Gasteiger partial charge in [-0.05, 0) is 61.2 Å². The number of nitrogens with zero attached hydrogens (tertiary/aromatic N) is 3. The summed E-state index contributed by atoms with van der Waals surface area (Å²) in [6.45, 7) is 8.52. The first-order valence-electron chi connectivity index (χ1n) is 11.6. The molecule has 0 radical (unpaired) electrons. The minimum atomic E-state index is -0.751. The lowest BCUT2D eigenvalue weighted by molar-refractivity contribution is -0.137. The number of carbonyl (C=O) groups is 1. The van der Waals surface area contributed by atoms with Crippen LogP contribution in [-0.4, -0.2) is 27.1 Å². The maximum atomic E-state index is 14.6. The highest BCUT2D eigenvalue weighted by Gasteiger charge is 2.16. The summed E-state index contributed by atoms with van der Waals surface area (Å²) in [5.41, 5.74) is 5.83. The van der Waals surface area contributed by atoms with E-state index in [2.05, 4.69) is 11.5 Å². The molecule has 0 atom stereocenters. The van der Waals surface area contributed by atoms with Crippen molar-refractivity contribution in [1.82, 2.24) is 14.5 Å². The minimum Gasteiger partial charge on any atom is -0.463 e. The lowest BCUT2D eigenvalue weighted by atomic mass is 9.96. The molecule has 0 unspecified atom stereocenters. The van der Waals surface area contributed by atoms with Crippen LogP contribution in [0, 0.1) is 25.5 Å². The van der Waals surface area contributed by atoms with E-state index in [4.69, 9.17) is 14.7 Å². The van der Waals surface area contributed by atoms with Crippen LogP contribution in [0.25, 0.3) is 16.7 Å². The summed E-state index contributed by atoms with van der Waals surface area (Å²) in [6.07, 6.45) is 2.01. The van der Waals surface area contributed by atoms with Gasteiger partial charge >= 0.3 is 5.97 Å². The van der Waals surface area contributed by atoms with Crippen LogP contribution in [0.15, 0.2) is 54.6 Å². The zero-order valence-corrected chi connectivity index (χ0v) is 20.2. The first kappa shape index (κ1) is 24.3. The number of pyridine rings is 1. The number of hydrogen-bond donors (Lipinski definition) is 0. The second kappa shape index (κ2) is 10.2. The van der Waals surface area contributed by atoms with Crippen LogP contribution >= 0.6 is 0 Å². The molecule has 0 aliphatic carbocycles. The number of imidazole rings is 1. The Labute approximate surface area is 203 Å². The number of ether oxygens (including phenoxy) is 1. The van der Waals surface area contributed by atoms with Crippen LogP contribution in [-0.2, 0) is 22.5 Å². The third-order valence-electron chi connectivity index (χ3n) is 5.79. The zero-order valence-electron chi connectivity index (χ0n) is 20.2. The molecule has 0 N–H and O–H groups in total. The molecule has 0 aliphatic rings. The molecule has 0 aliphatic heterocycles. The Balaban J connectivity index is 1.72. The van der Waals surface area contributed by atoms with E-state index in [1.807, 2.05) is 44.2 Å². The molecule has 2 aromatic heterocycles. The topological polar surface area (TPSA) is 57.0 Å². The Morgan fingerprint density at radius 3 is 2.43 bits per heavy atom. The van der Waals surface area contributed by atoms with E-state index in [0.29, 0.717) is 17.7 Å². The number of aryl methyl sites for hydroxylation is 3. The van der Waals surface area contributed by atoms with E-state index < -0.39 is 17.6 Å². The van der Waals surface area contributed by atoms with Gasteiger partial charge in [0.1, 0.15) is 23.0 Å². The van der Waals surface area contributed by atoms with E-state index >= 15 is 0 Å². The van der Waals surface area contributed by atoms with Gasteiger partial charge in [-0.3, -0.25) is 0 Å². The maximum absolute atomic E-state index is 14.6. The van der Waals surface area contributed by atoms with Crippen molar-refractivity contribution < 1.29 is 18.3 Å². The quantitative estimate of drug-likeness (QED) is 0.246. The number of fused-ring (bicyclic) bond motifs is 1. The molecular formula is C28H27F2N3O2. The fourth-order valence-corrected chi connectivity index (χ4v) is 4.18. The van der Waals surface area contributed by atoms with Crippen molar-refractivity contribution in [3.05, 3.63) is 100 Å². The van der Waals surface area contributed by atoms with Crippen LogP contribution in [0.2, 0.25) is 0 Å². The lowest BCUT2D eigenvalue weighted by Gasteiger charge is -2.12. The second-order valence-corrected chi connectivity index (χ2v) is 8.35. The molecule has 5 nitrogen and oxygen atoms in total. The van der Waals surface area contributed by atoms with Crippen molar-refractivity contribution in [2.24, 2.45) is 0 Å². The molecule has 4 rings (SSSR count). The molecular weight excluding hydrogens is 448 g/mol. The molecule has 0 amide bonds. The second-order valence-electron chi connectivity index (χ2n) is 8.35. The number of hydrogen-bond acceptors (Lipinski definition) is 4. The normalized spacial score (nSPS) is 11.8. The fourth-order valence-electron chi connectivity index (χ4n) is 4.18. The van der Waals surface area contributed by atoms with Gasteiger partial charge in [-0.15, -0.1) is 0 Å². The van der Waals surface area contributed by atoms with Crippen molar-refractivity contribution in [1.29, 1.82) is 0 Å². The Morgan fingerprint density at radius 1 is 1.03 bits per heavy atom. The van der Waals surface area contributed by atoms with Crippen molar-refractivity contribution in [2.45, 2.75) is 40.7 Å². The summed E-state index contributed by atoms with van der Waals surface area (Å²) >= 11 is 0. The Bertz CT molecular complexity index is 1420. The predicted octanol–water partition coefficient (Wildman–Crippen LogP) is 5.93. The van der Waals surface area contributed by atoms with Crippen LogP contribution in [0.3, 0.4) is 0 Å². The van der Waals surface area contributed by atoms with Gasteiger partial charge < -0.3 is 9.30 Å². The average Bonchev–Trinajstić information content (AvgIpc) is 3.16. The SMILES string of the molecule is CCOC(=O)C=C(c1ccc(Cn2c(CC)nc3c(C)cc(C)nc32)cc1)c1ccc(F)cc1F.